The summed E-state index contributed by atoms with van der Waals surface area (Å²) in [5.41, 5.74) is 6.97. The molecule has 1 aromatic carbocycles. The highest BCUT2D eigenvalue weighted by molar-refractivity contribution is 5.80. The van der Waals surface area contributed by atoms with Gasteiger partial charge in [-0.1, -0.05) is 6.07 Å². The summed E-state index contributed by atoms with van der Waals surface area (Å²) in [5.74, 6) is 0. The minimum Gasteiger partial charge on any atom is -0.389 e. The summed E-state index contributed by atoms with van der Waals surface area (Å²) in [6, 6.07) is 7.41. The van der Waals surface area contributed by atoms with Crippen LogP contribution in [0.4, 0.5) is 0 Å². The Bertz CT molecular complexity index is 453. The third-order valence-electron chi connectivity index (χ3n) is 2.52. The van der Waals surface area contributed by atoms with Crippen molar-refractivity contribution in [3.8, 4) is 0 Å². The van der Waals surface area contributed by atoms with Gasteiger partial charge >= 0.3 is 0 Å². The van der Waals surface area contributed by atoms with Gasteiger partial charge in [0.2, 0.25) is 0 Å². The standard InChI is InChI=1S/C11H14N2O2/c12-6-10(14)11(15)8-1-2-9-7(5-8)3-4-13-9/h1-5,10-11,13-15H,6,12H2. The molecule has 0 radical (unpaired) electrons. The number of nitrogens with two attached hydrogens (primary N) is 1. The molecule has 2 atom stereocenters. The van der Waals surface area contributed by atoms with Crippen LogP contribution in [0, 0.1) is 0 Å². The quantitative estimate of drug-likeness (QED) is 0.591. The second-order valence-corrected chi connectivity index (χ2v) is 3.57. The number of benzene rings is 1. The Balaban J connectivity index is 2.35. The van der Waals surface area contributed by atoms with Crippen molar-refractivity contribution in [2.75, 3.05) is 6.54 Å². The minimum absolute atomic E-state index is 0.0480. The first-order valence-corrected chi connectivity index (χ1v) is 4.85. The van der Waals surface area contributed by atoms with Crippen LogP contribution in [0.1, 0.15) is 11.7 Å². The van der Waals surface area contributed by atoms with Crippen molar-refractivity contribution in [1.29, 1.82) is 0 Å². The number of hydrogen-bond acceptors (Lipinski definition) is 3. The van der Waals surface area contributed by atoms with Crippen molar-refractivity contribution in [1.82, 2.24) is 4.98 Å². The van der Waals surface area contributed by atoms with Crippen LogP contribution in [0.15, 0.2) is 30.5 Å². The molecule has 0 bridgehead atoms. The van der Waals surface area contributed by atoms with E-state index in [-0.39, 0.29) is 6.54 Å². The van der Waals surface area contributed by atoms with E-state index < -0.39 is 12.2 Å². The Kier molecular flexibility index (Phi) is 2.73. The summed E-state index contributed by atoms with van der Waals surface area (Å²) >= 11 is 0. The molecular formula is C11H14N2O2. The van der Waals surface area contributed by atoms with Crippen LogP contribution in [0.5, 0.6) is 0 Å². The fraction of sp³-hybridized carbons (Fsp3) is 0.273. The molecular weight excluding hydrogens is 192 g/mol. The number of nitrogens with one attached hydrogen (secondary N) is 1. The van der Waals surface area contributed by atoms with Gasteiger partial charge in [0, 0.05) is 18.3 Å². The molecule has 0 aliphatic heterocycles. The van der Waals surface area contributed by atoms with E-state index in [4.69, 9.17) is 5.73 Å². The zero-order valence-corrected chi connectivity index (χ0v) is 8.22. The average molecular weight is 206 g/mol. The Hall–Kier alpha value is -1.36. The van der Waals surface area contributed by atoms with Crippen LogP contribution in [0.25, 0.3) is 10.9 Å². The van der Waals surface area contributed by atoms with Gasteiger partial charge in [0.1, 0.15) is 6.10 Å². The third kappa shape index (κ3) is 1.87. The summed E-state index contributed by atoms with van der Waals surface area (Å²) in [4.78, 5) is 3.06. The molecule has 4 heteroatoms. The van der Waals surface area contributed by atoms with Gasteiger partial charge in [-0.15, -0.1) is 0 Å². The Labute approximate surface area is 87.3 Å². The Morgan fingerprint density at radius 3 is 2.80 bits per heavy atom. The molecule has 0 spiro atoms. The SMILES string of the molecule is NCC(O)C(O)c1ccc2[nH]ccc2c1. The fourth-order valence-corrected chi connectivity index (χ4v) is 1.61. The van der Waals surface area contributed by atoms with Gasteiger partial charge in [-0.05, 0) is 29.1 Å². The maximum atomic E-state index is 9.75. The summed E-state index contributed by atoms with van der Waals surface area (Å²) in [7, 11) is 0. The summed E-state index contributed by atoms with van der Waals surface area (Å²) < 4.78 is 0. The van der Waals surface area contributed by atoms with Crippen molar-refractivity contribution in [3.05, 3.63) is 36.0 Å². The van der Waals surface area contributed by atoms with Gasteiger partial charge in [0.25, 0.3) is 0 Å². The molecule has 0 amide bonds. The highest BCUT2D eigenvalue weighted by atomic mass is 16.3. The van der Waals surface area contributed by atoms with Gasteiger partial charge in [0.15, 0.2) is 0 Å². The monoisotopic (exact) mass is 206 g/mol. The molecule has 0 fully saturated rings. The second kappa shape index (κ2) is 4.02. The molecule has 0 aliphatic rings. The molecule has 80 valence electrons. The number of aliphatic hydroxyl groups is 2. The Morgan fingerprint density at radius 2 is 2.07 bits per heavy atom. The Morgan fingerprint density at radius 1 is 1.27 bits per heavy atom. The third-order valence-corrected chi connectivity index (χ3v) is 2.52. The van der Waals surface area contributed by atoms with Gasteiger partial charge in [-0.3, -0.25) is 0 Å². The lowest BCUT2D eigenvalue weighted by Crippen LogP contribution is -2.27. The van der Waals surface area contributed by atoms with Crippen LogP contribution in [0.3, 0.4) is 0 Å². The number of rotatable bonds is 3. The first-order valence-electron chi connectivity index (χ1n) is 4.85. The largest absolute Gasteiger partial charge is 0.389 e. The number of hydrogen-bond donors (Lipinski definition) is 4. The second-order valence-electron chi connectivity index (χ2n) is 3.57. The first kappa shape index (κ1) is 10.2. The number of aromatic nitrogens is 1. The predicted molar refractivity (Wildman–Crippen MR) is 58.3 cm³/mol. The zero-order valence-electron chi connectivity index (χ0n) is 8.22. The van der Waals surface area contributed by atoms with E-state index in [1.165, 1.54) is 0 Å². The van der Waals surface area contributed by atoms with Crippen LogP contribution >= 0.6 is 0 Å². The van der Waals surface area contributed by atoms with Crippen LogP contribution in [-0.2, 0) is 0 Å². The molecule has 0 saturated carbocycles. The van der Waals surface area contributed by atoms with Gasteiger partial charge in [0.05, 0.1) is 6.10 Å². The van der Waals surface area contributed by atoms with Crippen LogP contribution in [0.2, 0.25) is 0 Å². The molecule has 2 aromatic rings. The van der Waals surface area contributed by atoms with Crippen molar-refractivity contribution in [3.63, 3.8) is 0 Å². The van der Waals surface area contributed by atoms with E-state index >= 15 is 0 Å². The lowest BCUT2D eigenvalue weighted by atomic mass is 10.0. The van der Waals surface area contributed by atoms with Gasteiger partial charge in [-0.2, -0.15) is 0 Å². The molecule has 2 rings (SSSR count). The fourth-order valence-electron chi connectivity index (χ4n) is 1.61. The molecule has 0 aliphatic carbocycles. The highest BCUT2D eigenvalue weighted by Gasteiger charge is 2.16. The van der Waals surface area contributed by atoms with Crippen LogP contribution < -0.4 is 5.73 Å². The molecule has 15 heavy (non-hydrogen) atoms. The lowest BCUT2D eigenvalue weighted by Gasteiger charge is -2.16. The smallest absolute Gasteiger partial charge is 0.106 e. The minimum atomic E-state index is -0.922. The van der Waals surface area contributed by atoms with E-state index in [0.29, 0.717) is 5.56 Å². The molecule has 5 N–H and O–H groups in total. The van der Waals surface area contributed by atoms with E-state index in [9.17, 15) is 10.2 Å². The zero-order chi connectivity index (χ0) is 10.8. The van der Waals surface area contributed by atoms with Crippen molar-refractivity contribution >= 4 is 10.9 Å². The topological polar surface area (TPSA) is 82.3 Å². The number of aliphatic hydroxyl groups excluding tert-OH is 2. The number of aromatic amines is 1. The molecule has 0 saturated heterocycles. The van der Waals surface area contributed by atoms with E-state index in [0.717, 1.165) is 10.9 Å². The normalized spacial score (nSPS) is 15.4. The maximum Gasteiger partial charge on any atom is 0.106 e. The number of fused-ring (bicyclic) bond motifs is 1. The van der Waals surface area contributed by atoms with Gasteiger partial charge < -0.3 is 20.9 Å². The summed E-state index contributed by atoms with van der Waals surface area (Å²) in [5, 5.41) is 20.2. The van der Waals surface area contributed by atoms with Crippen molar-refractivity contribution < 1.29 is 10.2 Å². The molecule has 1 heterocycles. The predicted octanol–water partition coefficient (Wildman–Crippen LogP) is 0.521. The van der Waals surface area contributed by atoms with Crippen molar-refractivity contribution in [2.24, 2.45) is 5.73 Å². The summed E-state index contributed by atoms with van der Waals surface area (Å²) in [6.07, 6.45) is -0.00380. The summed E-state index contributed by atoms with van der Waals surface area (Å²) in [6.45, 7) is 0.0480. The van der Waals surface area contributed by atoms with E-state index in [2.05, 4.69) is 4.98 Å². The lowest BCUT2D eigenvalue weighted by molar-refractivity contribution is 0.0244. The molecule has 4 nitrogen and oxygen atoms in total. The number of H-pyrrole nitrogens is 1. The molecule has 1 aromatic heterocycles. The highest BCUT2D eigenvalue weighted by Crippen LogP contribution is 2.21. The van der Waals surface area contributed by atoms with E-state index in [1.54, 1.807) is 6.07 Å². The van der Waals surface area contributed by atoms with E-state index in [1.807, 2.05) is 24.4 Å². The average Bonchev–Trinajstić information content (AvgIpc) is 2.73. The first-order chi connectivity index (χ1) is 7.22. The molecule has 2 unspecified atom stereocenters. The van der Waals surface area contributed by atoms with Crippen molar-refractivity contribution in [2.45, 2.75) is 12.2 Å². The van der Waals surface area contributed by atoms with Gasteiger partial charge in [-0.25, -0.2) is 0 Å². The van der Waals surface area contributed by atoms with Crippen LogP contribution in [-0.4, -0.2) is 27.8 Å². The maximum absolute atomic E-state index is 9.75.